The Morgan fingerprint density at radius 1 is 1.36 bits per heavy atom. The first-order valence-electron chi connectivity index (χ1n) is 6.94. The fraction of sp³-hybridized carbons (Fsp3) is 0.692. The number of carbonyl (C=O) groups is 1. The van der Waals surface area contributed by atoms with Gasteiger partial charge < -0.3 is 4.90 Å². The Balaban J connectivity index is 0.00000121. The first-order chi connectivity index (χ1) is 9.55. The second-order valence-electron chi connectivity index (χ2n) is 5.56. The number of nitrogens with one attached hydrogen (secondary N) is 1. The van der Waals surface area contributed by atoms with Crippen molar-refractivity contribution in [2.75, 3.05) is 19.6 Å². The van der Waals surface area contributed by atoms with Gasteiger partial charge >= 0.3 is 0 Å². The van der Waals surface area contributed by atoms with E-state index in [1.54, 1.807) is 11.1 Å². The summed E-state index contributed by atoms with van der Waals surface area (Å²) >= 11 is 0. The van der Waals surface area contributed by atoms with Crippen LogP contribution in [0.25, 0.3) is 0 Å². The van der Waals surface area contributed by atoms with Crippen molar-refractivity contribution in [1.82, 2.24) is 20.0 Å². The second kappa shape index (κ2) is 7.57. The zero-order valence-corrected chi connectivity index (χ0v) is 13.6. The van der Waals surface area contributed by atoms with E-state index in [1.807, 2.05) is 16.9 Å². The monoisotopic (exact) mass is 356 g/mol. The number of rotatable bonds is 2. The number of amides is 1. The predicted molar refractivity (Wildman–Crippen MR) is 82.9 cm³/mol. The summed E-state index contributed by atoms with van der Waals surface area (Å²) in [5.41, 5.74) is 0. The summed E-state index contributed by atoms with van der Waals surface area (Å²) in [5.74, 6) is -2.98. The Hall–Kier alpha value is -0.920. The van der Waals surface area contributed by atoms with E-state index in [1.165, 1.54) is 0 Å². The van der Waals surface area contributed by atoms with Gasteiger partial charge in [0.25, 0.3) is 5.92 Å². The zero-order chi connectivity index (χ0) is 14.2. The predicted octanol–water partition coefficient (Wildman–Crippen LogP) is 1.89. The highest BCUT2D eigenvalue weighted by Crippen LogP contribution is 2.28. The van der Waals surface area contributed by atoms with Crippen LogP contribution in [0.15, 0.2) is 18.5 Å². The molecular weight excluding hydrogens is 337 g/mol. The molecule has 0 aromatic carbocycles. The number of aromatic nitrogens is 2. The third kappa shape index (κ3) is 4.08. The van der Waals surface area contributed by atoms with Crippen LogP contribution in [-0.4, -0.2) is 52.2 Å². The highest BCUT2D eigenvalue weighted by molar-refractivity contribution is 5.85. The van der Waals surface area contributed by atoms with Gasteiger partial charge in [0, 0.05) is 31.9 Å². The van der Waals surface area contributed by atoms with Crippen molar-refractivity contribution in [2.24, 2.45) is 0 Å². The van der Waals surface area contributed by atoms with Crippen molar-refractivity contribution in [3.8, 4) is 0 Å². The number of halogens is 4. The molecule has 0 aliphatic carbocycles. The normalized spacial score (nSPS) is 26.9. The minimum Gasteiger partial charge on any atom is -0.339 e. The molecule has 1 aromatic rings. The third-order valence-corrected chi connectivity index (χ3v) is 4.02. The highest BCUT2D eigenvalue weighted by atomic mass is 35.5. The Labute approximate surface area is 140 Å². The lowest BCUT2D eigenvalue weighted by atomic mass is 10.0. The van der Waals surface area contributed by atoms with E-state index in [0.717, 1.165) is 12.8 Å². The van der Waals surface area contributed by atoms with Gasteiger partial charge in [0.15, 0.2) is 0 Å². The highest BCUT2D eigenvalue weighted by Gasteiger charge is 2.44. The van der Waals surface area contributed by atoms with E-state index in [9.17, 15) is 13.6 Å². The van der Waals surface area contributed by atoms with Crippen molar-refractivity contribution in [1.29, 1.82) is 0 Å². The van der Waals surface area contributed by atoms with E-state index in [2.05, 4.69) is 10.4 Å². The van der Waals surface area contributed by atoms with E-state index in [0.29, 0.717) is 13.1 Å². The third-order valence-electron chi connectivity index (χ3n) is 4.02. The number of piperidine rings is 1. The minimum atomic E-state index is -2.77. The average Bonchev–Trinajstić information content (AvgIpc) is 3.07. The quantitative estimate of drug-likeness (QED) is 0.880. The summed E-state index contributed by atoms with van der Waals surface area (Å²) in [6.07, 6.45) is 5.02. The molecule has 0 saturated carbocycles. The van der Waals surface area contributed by atoms with Gasteiger partial charge in [-0.2, -0.15) is 5.10 Å². The Bertz CT molecular complexity index is 486. The lowest BCUT2D eigenvalue weighted by Gasteiger charge is -2.34. The van der Waals surface area contributed by atoms with Gasteiger partial charge in [-0.05, 0) is 18.9 Å². The van der Waals surface area contributed by atoms with Crippen LogP contribution in [-0.2, 0) is 4.79 Å². The van der Waals surface area contributed by atoms with Crippen LogP contribution in [0.4, 0.5) is 8.78 Å². The number of hydrogen-bond donors (Lipinski definition) is 1. The van der Waals surface area contributed by atoms with Crippen molar-refractivity contribution < 1.29 is 13.6 Å². The summed E-state index contributed by atoms with van der Waals surface area (Å²) in [7, 11) is 0. The molecule has 1 aromatic heterocycles. The molecule has 3 heterocycles. The van der Waals surface area contributed by atoms with Crippen LogP contribution in [0.3, 0.4) is 0 Å². The molecule has 22 heavy (non-hydrogen) atoms. The van der Waals surface area contributed by atoms with Crippen LogP contribution in [0, 0.1) is 0 Å². The molecule has 1 amide bonds. The molecule has 126 valence electrons. The maximum Gasteiger partial charge on any atom is 0.262 e. The number of hydrogen-bond acceptors (Lipinski definition) is 3. The average molecular weight is 357 g/mol. The molecule has 9 heteroatoms. The smallest absolute Gasteiger partial charge is 0.262 e. The van der Waals surface area contributed by atoms with E-state index in [4.69, 9.17) is 0 Å². The van der Waals surface area contributed by atoms with Gasteiger partial charge in [-0.3, -0.25) is 14.8 Å². The number of alkyl halides is 2. The second-order valence-corrected chi connectivity index (χ2v) is 5.56. The first-order valence-corrected chi connectivity index (χ1v) is 6.94. The van der Waals surface area contributed by atoms with Gasteiger partial charge in [0.1, 0.15) is 0 Å². The molecule has 0 spiro atoms. The molecule has 3 rings (SSSR count). The Kier molecular flexibility index (Phi) is 6.58. The molecule has 2 unspecified atom stereocenters. The van der Waals surface area contributed by atoms with Gasteiger partial charge in [0.05, 0.1) is 18.6 Å². The fourth-order valence-corrected chi connectivity index (χ4v) is 2.98. The minimum absolute atomic E-state index is 0. The van der Waals surface area contributed by atoms with Crippen LogP contribution in [0.5, 0.6) is 0 Å². The summed E-state index contributed by atoms with van der Waals surface area (Å²) in [6.45, 7) is 0.782. The molecule has 2 saturated heterocycles. The van der Waals surface area contributed by atoms with Crippen LogP contribution < -0.4 is 5.32 Å². The van der Waals surface area contributed by atoms with Gasteiger partial charge in [-0.25, -0.2) is 8.78 Å². The van der Waals surface area contributed by atoms with Crippen molar-refractivity contribution >= 4 is 30.7 Å². The molecule has 2 aliphatic heterocycles. The van der Waals surface area contributed by atoms with Crippen LogP contribution in [0.1, 0.15) is 25.3 Å². The largest absolute Gasteiger partial charge is 0.339 e. The first kappa shape index (κ1) is 19.1. The topological polar surface area (TPSA) is 50.2 Å². The number of nitrogens with zero attached hydrogens (tertiary/aromatic N) is 3. The van der Waals surface area contributed by atoms with Gasteiger partial charge in [0.2, 0.25) is 5.91 Å². The maximum absolute atomic E-state index is 13.2. The van der Waals surface area contributed by atoms with E-state index < -0.39 is 24.9 Å². The summed E-state index contributed by atoms with van der Waals surface area (Å²) in [4.78, 5) is 14.0. The number of likely N-dealkylation sites (tertiary alicyclic amines) is 1. The summed E-state index contributed by atoms with van der Waals surface area (Å²) in [6, 6.07) is 1.24. The van der Waals surface area contributed by atoms with E-state index in [-0.39, 0.29) is 36.8 Å². The molecule has 2 atom stereocenters. The molecule has 5 nitrogen and oxygen atoms in total. The molecular formula is C13H20Cl2F2N4O. The molecule has 0 bridgehead atoms. The lowest BCUT2D eigenvalue weighted by Crippen LogP contribution is -2.48. The SMILES string of the molecule is Cl.Cl.O=C(C1CC(F)(F)CN1)N1CCCC(n2cccn2)C1. The van der Waals surface area contributed by atoms with Crippen LogP contribution in [0.2, 0.25) is 0 Å². The zero-order valence-electron chi connectivity index (χ0n) is 12.0. The van der Waals surface area contributed by atoms with Gasteiger partial charge in [-0.15, -0.1) is 24.8 Å². The standard InChI is InChI=1S/C13H18F2N4O.2ClH/c14-13(15)7-11(16-9-13)12(20)18-5-1-3-10(8-18)19-6-2-4-17-19;;/h2,4,6,10-11,16H,1,3,5,7-9H2;2*1H. The van der Waals surface area contributed by atoms with Crippen molar-refractivity contribution in [2.45, 2.75) is 37.3 Å². The van der Waals surface area contributed by atoms with Crippen LogP contribution >= 0.6 is 24.8 Å². The molecule has 2 fully saturated rings. The lowest BCUT2D eigenvalue weighted by molar-refractivity contribution is -0.135. The summed E-state index contributed by atoms with van der Waals surface area (Å²) < 4.78 is 28.2. The fourth-order valence-electron chi connectivity index (χ4n) is 2.98. The number of carbonyl (C=O) groups excluding carboxylic acids is 1. The Morgan fingerprint density at radius 2 is 2.14 bits per heavy atom. The van der Waals surface area contributed by atoms with E-state index >= 15 is 0 Å². The maximum atomic E-state index is 13.2. The Morgan fingerprint density at radius 3 is 2.73 bits per heavy atom. The van der Waals surface area contributed by atoms with Gasteiger partial charge in [-0.1, -0.05) is 0 Å². The summed E-state index contributed by atoms with van der Waals surface area (Å²) in [5, 5.41) is 6.83. The van der Waals surface area contributed by atoms with Crippen molar-refractivity contribution in [3.05, 3.63) is 18.5 Å². The van der Waals surface area contributed by atoms with Crippen molar-refractivity contribution in [3.63, 3.8) is 0 Å². The molecule has 2 aliphatic rings. The molecule has 0 radical (unpaired) electrons. The molecule has 1 N–H and O–H groups in total.